The maximum absolute atomic E-state index is 13.0. The summed E-state index contributed by atoms with van der Waals surface area (Å²) >= 11 is 19.7. The first-order chi connectivity index (χ1) is 14.2. The van der Waals surface area contributed by atoms with Gasteiger partial charge >= 0.3 is 0 Å². The minimum atomic E-state index is -0.612. The Morgan fingerprint density at radius 1 is 1.03 bits per heavy atom. The lowest BCUT2D eigenvalue weighted by atomic mass is 10.1. The summed E-state index contributed by atoms with van der Waals surface area (Å²) < 4.78 is 0. The van der Waals surface area contributed by atoms with E-state index in [1.165, 1.54) is 11.8 Å². The summed E-state index contributed by atoms with van der Waals surface area (Å²) in [4.78, 5) is 27.2. The first-order valence-electron chi connectivity index (χ1n) is 9.53. The van der Waals surface area contributed by atoms with Crippen LogP contribution in [0, 0.1) is 0 Å². The summed E-state index contributed by atoms with van der Waals surface area (Å²) in [6, 6.07) is 12.0. The van der Waals surface area contributed by atoms with Crippen molar-refractivity contribution in [3.8, 4) is 0 Å². The predicted octanol–water partition coefficient (Wildman–Crippen LogP) is 5.82. The second-order valence-corrected chi connectivity index (χ2v) is 9.49. The van der Waals surface area contributed by atoms with Gasteiger partial charge in [0.05, 0.1) is 5.75 Å². The second-order valence-electron chi connectivity index (χ2n) is 7.22. The smallest absolute Gasteiger partial charge is 0.242 e. The lowest BCUT2D eigenvalue weighted by Gasteiger charge is -2.29. The van der Waals surface area contributed by atoms with E-state index in [1.807, 2.05) is 32.0 Å². The fourth-order valence-electron chi connectivity index (χ4n) is 2.79. The van der Waals surface area contributed by atoms with Crippen LogP contribution in [0.4, 0.5) is 0 Å². The van der Waals surface area contributed by atoms with Crippen molar-refractivity contribution in [1.29, 1.82) is 0 Å². The van der Waals surface area contributed by atoms with Crippen LogP contribution in [0.3, 0.4) is 0 Å². The van der Waals surface area contributed by atoms with Crippen LogP contribution in [0.15, 0.2) is 42.5 Å². The number of carbonyl (C=O) groups excluding carboxylic acids is 2. The summed E-state index contributed by atoms with van der Waals surface area (Å²) in [6.07, 6.45) is 0. The molecule has 2 aromatic rings. The number of nitrogens with zero attached hydrogens (tertiary/aromatic N) is 1. The van der Waals surface area contributed by atoms with Gasteiger partial charge in [-0.15, -0.1) is 11.8 Å². The first-order valence-corrected chi connectivity index (χ1v) is 11.8. The van der Waals surface area contributed by atoms with Crippen LogP contribution in [0.5, 0.6) is 0 Å². The molecule has 0 bridgehead atoms. The Balaban J connectivity index is 2.09. The van der Waals surface area contributed by atoms with Gasteiger partial charge in [0.1, 0.15) is 6.04 Å². The van der Waals surface area contributed by atoms with Gasteiger partial charge in [-0.25, -0.2) is 0 Å². The molecule has 0 aliphatic carbocycles. The van der Waals surface area contributed by atoms with Crippen LogP contribution in [0.25, 0.3) is 0 Å². The molecule has 0 spiro atoms. The molecule has 0 aliphatic heterocycles. The van der Waals surface area contributed by atoms with Gasteiger partial charge in [-0.3, -0.25) is 9.59 Å². The lowest BCUT2D eigenvalue weighted by Crippen LogP contribution is -2.49. The molecule has 0 aliphatic rings. The third-order valence-electron chi connectivity index (χ3n) is 4.34. The van der Waals surface area contributed by atoms with E-state index in [1.54, 1.807) is 36.1 Å². The maximum Gasteiger partial charge on any atom is 0.242 e. The Hall–Kier alpha value is -1.40. The highest BCUT2D eigenvalue weighted by molar-refractivity contribution is 7.99. The molecule has 0 saturated carbocycles. The SMILES string of the molecule is CC(C)NC(=O)[C@@H](C)N(Cc1cccc(Cl)c1)C(=O)CSCc1ccc(Cl)cc1Cl. The zero-order chi connectivity index (χ0) is 22.3. The molecule has 0 aromatic heterocycles. The number of halogens is 3. The van der Waals surface area contributed by atoms with Crippen molar-refractivity contribution in [2.45, 2.75) is 45.2 Å². The molecular formula is C22H25Cl3N2O2S. The molecule has 2 amide bonds. The van der Waals surface area contributed by atoms with Crippen molar-refractivity contribution in [2.24, 2.45) is 0 Å². The Kier molecular flexibility index (Phi) is 9.82. The molecule has 0 fully saturated rings. The summed E-state index contributed by atoms with van der Waals surface area (Å²) in [5.74, 6) is 0.473. The zero-order valence-electron chi connectivity index (χ0n) is 17.1. The Morgan fingerprint density at radius 2 is 1.73 bits per heavy atom. The van der Waals surface area contributed by atoms with Gasteiger partial charge in [-0.2, -0.15) is 0 Å². The molecule has 0 unspecified atom stereocenters. The zero-order valence-corrected chi connectivity index (χ0v) is 20.2. The fourth-order valence-corrected chi connectivity index (χ4v) is 4.47. The highest BCUT2D eigenvalue weighted by Gasteiger charge is 2.26. The van der Waals surface area contributed by atoms with E-state index in [0.717, 1.165) is 11.1 Å². The number of hydrogen-bond donors (Lipinski definition) is 1. The molecule has 1 atom stereocenters. The molecule has 0 saturated heterocycles. The number of hydrogen-bond acceptors (Lipinski definition) is 3. The van der Waals surface area contributed by atoms with Gasteiger partial charge in [0.15, 0.2) is 0 Å². The third-order valence-corrected chi connectivity index (χ3v) is 6.13. The van der Waals surface area contributed by atoms with Gasteiger partial charge in [-0.05, 0) is 56.2 Å². The first kappa shape index (κ1) is 24.9. The molecule has 2 rings (SSSR count). The maximum atomic E-state index is 13.0. The topological polar surface area (TPSA) is 49.4 Å². The predicted molar refractivity (Wildman–Crippen MR) is 127 cm³/mol. The van der Waals surface area contributed by atoms with Crippen molar-refractivity contribution in [1.82, 2.24) is 10.2 Å². The average molecular weight is 488 g/mol. The monoisotopic (exact) mass is 486 g/mol. The Morgan fingerprint density at radius 3 is 2.37 bits per heavy atom. The number of amides is 2. The second kappa shape index (κ2) is 11.8. The van der Waals surface area contributed by atoms with Crippen molar-refractivity contribution >= 4 is 58.4 Å². The van der Waals surface area contributed by atoms with E-state index in [0.29, 0.717) is 27.4 Å². The molecule has 30 heavy (non-hydrogen) atoms. The minimum Gasteiger partial charge on any atom is -0.352 e. The third kappa shape index (κ3) is 7.69. The van der Waals surface area contributed by atoms with Crippen LogP contribution in [-0.2, 0) is 21.9 Å². The van der Waals surface area contributed by atoms with E-state index in [4.69, 9.17) is 34.8 Å². The van der Waals surface area contributed by atoms with Crippen LogP contribution in [0.1, 0.15) is 31.9 Å². The largest absolute Gasteiger partial charge is 0.352 e. The molecule has 8 heteroatoms. The normalized spacial score (nSPS) is 12.0. The van der Waals surface area contributed by atoms with Crippen molar-refractivity contribution < 1.29 is 9.59 Å². The summed E-state index contributed by atoms with van der Waals surface area (Å²) in [5.41, 5.74) is 1.77. The summed E-state index contributed by atoms with van der Waals surface area (Å²) in [5, 5.41) is 4.61. The van der Waals surface area contributed by atoms with Gasteiger partial charge in [0.25, 0.3) is 0 Å². The standard InChI is InChI=1S/C22H25Cl3N2O2S/c1-14(2)26-22(29)15(3)27(11-16-5-4-6-18(23)9-16)21(28)13-30-12-17-7-8-19(24)10-20(17)25/h4-10,14-15H,11-13H2,1-3H3,(H,26,29)/t15-/m1/s1. The van der Waals surface area contributed by atoms with E-state index in [9.17, 15) is 9.59 Å². The minimum absolute atomic E-state index is 0.00973. The number of thioether (sulfide) groups is 1. The summed E-state index contributed by atoms with van der Waals surface area (Å²) in [6.45, 7) is 5.81. The highest BCUT2D eigenvalue weighted by atomic mass is 35.5. The van der Waals surface area contributed by atoms with Gasteiger partial charge in [0, 0.05) is 33.4 Å². The van der Waals surface area contributed by atoms with Crippen LogP contribution < -0.4 is 5.32 Å². The molecule has 1 N–H and O–H groups in total. The van der Waals surface area contributed by atoms with E-state index in [-0.39, 0.29) is 23.6 Å². The number of carbonyl (C=O) groups is 2. The van der Waals surface area contributed by atoms with Gasteiger partial charge in [-0.1, -0.05) is 53.0 Å². The van der Waals surface area contributed by atoms with Gasteiger partial charge in [0.2, 0.25) is 11.8 Å². The van der Waals surface area contributed by atoms with Crippen molar-refractivity contribution in [3.05, 3.63) is 68.7 Å². The fraction of sp³-hybridized carbons (Fsp3) is 0.364. The Labute approximate surface area is 197 Å². The molecule has 162 valence electrons. The molecule has 4 nitrogen and oxygen atoms in total. The number of nitrogens with one attached hydrogen (secondary N) is 1. The van der Waals surface area contributed by atoms with Crippen LogP contribution in [-0.4, -0.2) is 34.6 Å². The van der Waals surface area contributed by atoms with Crippen molar-refractivity contribution in [2.75, 3.05) is 5.75 Å². The van der Waals surface area contributed by atoms with Gasteiger partial charge < -0.3 is 10.2 Å². The van der Waals surface area contributed by atoms with E-state index < -0.39 is 6.04 Å². The van der Waals surface area contributed by atoms with E-state index in [2.05, 4.69) is 5.32 Å². The molecule has 0 radical (unpaired) electrons. The highest BCUT2D eigenvalue weighted by Crippen LogP contribution is 2.25. The summed E-state index contributed by atoms with van der Waals surface area (Å²) in [7, 11) is 0. The quantitative estimate of drug-likeness (QED) is 0.485. The van der Waals surface area contributed by atoms with Crippen LogP contribution >= 0.6 is 46.6 Å². The van der Waals surface area contributed by atoms with Crippen molar-refractivity contribution in [3.63, 3.8) is 0 Å². The molecule has 0 heterocycles. The molecule has 2 aromatic carbocycles. The lowest BCUT2D eigenvalue weighted by molar-refractivity contribution is -0.138. The number of rotatable bonds is 9. The Bertz CT molecular complexity index is 892. The number of benzene rings is 2. The van der Waals surface area contributed by atoms with Crippen LogP contribution in [0.2, 0.25) is 15.1 Å². The van der Waals surface area contributed by atoms with E-state index >= 15 is 0 Å². The molecular weight excluding hydrogens is 463 g/mol. The average Bonchev–Trinajstić information content (AvgIpc) is 2.66.